The van der Waals surface area contributed by atoms with Crippen molar-refractivity contribution in [2.24, 2.45) is 5.92 Å². The van der Waals surface area contributed by atoms with E-state index in [1.54, 1.807) is 0 Å². The van der Waals surface area contributed by atoms with Crippen LogP contribution in [0.5, 0.6) is 0 Å². The molecule has 1 saturated carbocycles. The molecule has 1 amide bonds. The van der Waals surface area contributed by atoms with Gasteiger partial charge in [0.15, 0.2) is 5.76 Å². The summed E-state index contributed by atoms with van der Waals surface area (Å²) in [6.07, 6.45) is 6.87. The summed E-state index contributed by atoms with van der Waals surface area (Å²) in [6.45, 7) is 0.432. The van der Waals surface area contributed by atoms with Gasteiger partial charge in [0.2, 0.25) is 5.91 Å². The van der Waals surface area contributed by atoms with Crippen LogP contribution in [0.25, 0.3) is 11.3 Å². The van der Waals surface area contributed by atoms with Gasteiger partial charge >= 0.3 is 0 Å². The van der Waals surface area contributed by atoms with Gasteiger partial charge in [-0.3, -0.25) is 4.79 Å². The molecule has 116 valence electrons. The zero-order valence-electron chi connectivity index (χ0n) is 12.8. The Labute approximate surface area is 130 Å². The highest BCUT2D eigenvalue weighted by Gasteiger charge is 2.17. The molecular formula is C18H22N2O2. The van der Waals surface area contributed by atoms with Crippen molar-refractivity contribution in [3.8, 4) is 11.3 Å². The molecule has 1 aliphatic rings. The fraction of sp³-hybridized carbons (Fsp3) is 0.444. The summed E-state index contributed by atoms with van der Waals surface area (Å²) in [7, 11) is 0. The molecule has 1 aromatic carbocycles. The molecule has 4 heteroatoms. The first-order chi connectivity index (χ1) is 10.8. The summed E-state index contributed by atoms with van der Waals surface area (Å²) in [4.78, 5) is 12.0. The van der Waals surface area contributed by atoms with Gasteiger partial charge in [-0.25, -0.2) is 0 Å². The molecule has 4 nitrogen and oxygen atoms in total. The normalized spacial score (nSPS) is 15.6. The van der Waals surface area contributed by atoms with Crippen molar-refractivity contribution < 1.29 is 9.32 Å². The van der Waals surface area contributed by atoms with E-state index >= 15 is 0 Å². The van der Waals surface area contributed by atoms with Crippen LogP contribution in [0.15, 0.2) is 40.9 Å². The van der Waals surface area contributed by atoms with E-state index in [4.69, 9.17) is 4.52 Å². The number of carbonyl (C=O) groups is 1. The van der Waals surface area contributed by atoms with E-state index in [2.05, 4.69) is 10.5 Å². The highest BCUT2D eigenvalue weighted by molar-refractivity contribution is 5.76. The predicted octanol–water partition coefficient (Wildman–Crippen LogP) is 3.93. The van der Waals surface area contributed by atoms with Gasteiger partial charge in [0.25, 0.3) is 0 Å². The molecule has 1 fully saturated rings. The Kier molecular flexibility index (Phi) is 4.88. The van der Waals surface area contributed by atoms with Crippen LogP contribution in [0.1, 0.15) is 44.2 Å². The molecule has 22 heavy (non-hydrogen) atoms. The minimum atomic E-state index is 0.121. The zero-order chi connectivity index (χ0) is 15.2. The van der Waals surface area contributed by atoms with Gasteiger partial charge < -0.3 is 9.84 Å². The second kappa shape index (κ2) is 7.25. The lowest BCUT2D eigenvalue weighted by Gasteiger charge is -2.20. The number of amides is 1. The maximum atomic E-state index is 12.0. The van der Waals surface area contributed by atoms with Gasteiger partial charge in [-0.05, 0) is 18.8 Å². The molecule has 0 saturated heterocycles. The maximum Gasteiger partial charge on any atom is 0.220 e. The third kappa shape index (κ3) is 3.97. The first-order valence-electron chi connectivity index (χ1n) is 8.09. The summed E-state index contributed by atoms with van der Waals surface area (Å²) in [5.74, 6) is 1.42. The molecular weight excluding hydrogens is 276 g/mol. The van der Waals surface area contributed by atoms with E-state index in [0.29, 0.717) is 18.9 Å². The minimum Gasteiger partial charge on any atom is -0.356 e. The maximum absolute atomic E-state index is 12.0. The average molecular weight is 298 g/mol. The monoisotopic (exact) mass is 298 g/mol. The molecule has 1 N–H and O–H groups in total. The lowest BCUT2D eigenvalue weighted by Crippen LogP contribution is -2.26. The number of carbonyl (C=O) groups excluding carboxylic acids is 1. The number of nitrogens with one attached hydrogen (secondary N) is 1. The van der Waals surface area contributed by atoms with Crippen LogP contribution in [0, 0.1) is 5.92 Å². The van der Waals surface area contributed by atoms with Crippen molar-refractivity contribution in [1.82, 2.24) is 10.5 Å². The summed E-state index contributed by atoms with van der Waals surface area (Å²) in [6, 6.07) is 11.7. The summed E-state index contributed by atoms with van der Waals surface area (Å²) in [5.41, 5.74) is 1.76. The number of hydrogen-bond acceptors (Lipinski definition) is 3. The highest BCUT2D eigenvalue weighted by Crippen LogP contribution is 2.26. The second-order valence-electron chi connectivity index (χ2n) is 6.03. The molecule has 2 aromatic rings. The quantitative estimate of drug-likeness (QED) is 0.910. The number of nitrogens with zero attached hydrogens (tertiary/aromatic N) is 1. The van der Waals surface area contributed by atoms with Crippen molar-refractivity contribution in [1.29, 1.82) is 0 Å². The first kappa shape index (κ1) is 14.8. The minimum absolute atomic E-state index is 0.121. The Bertz CT molecular complexity index is 601. The van der Waals surface area contributed by atoms with Gasteiger partial charge in [-0.2, -0.15) is 0 Å². The largest absolute Gasteiger partial charge is 0.356 e. The molecule has 0 spiro atoms. The lowest BCUT2D eigenvalue weighted by molar-refractivity contribution is -0.122. The van der Waals surface area contributed by atoms with Crippen molar-refractivity contribution in [3.05, 3.63) is 42.1 Å². The highest BCUT2D eigenvalue weighted by atomic mass is 16.5. The molecule has 1 heterocycles. The Hall–Kier alpha value is -2.10. The van der Waals surface area contributed by atoms with E-state index in [-0.39, 0.29) is 5.91 Å². The van der Waals surface area contributed by atoms with Crippen molar-refractivity contribution in [2.75, 3.05) is 0 Å². The molecule has 0 bridgehead atoms. The fourth-order valence-electron chi connectivity index (χ4n) is 3.05. The lowest BCUT2D eigenvalue weighted by atomic mass is 9.87. The molecule has 0 radical (unpaired) electrons. The van der Waals surface area contributed by atoms with Crippen molar-refractivity contribution in [2.45, 2.75) is 45.1 Å². The van der Waals surface area contributed by atoms with Gasteiger partial charge in [0.05, 0.1) is 6.54 Å². The molecule has 0 unspecified atom stereocenters. The van der Waals surface area contributed by atoms with Crippen molar-refractivity contribution >= 4 is 5.91 Å². The number of hydrogen-bond donors (Lipinski definition) is 1. The number of aromatic nitrogens is 1. The molecule has 0 atom stereocenters. The second-order valence-corrected chi connectivity index (χ2v) is 6.03. The van der Waals surface area contributed by atoms with Gasteiger partial charge in [0.1, 0.15) is 5.69 Å². The van der Waals surface area contributed by atoms with Crippen molar-refractivity contribution in [3.63, 3.8) is 0 Å². The smallest absolute Gasteiger partial charge is 0.220 e. The standard InChI is InChI=1S/C18H22N2O2/c21-18(11-14-7-3-1-4-8-14)19-13-16-12-17(22-20-16)15-9-5-2-6-10-15/h2,5-6,9-10,12,14H,1,3-4,7-8,11,13H2,(H,19,21). The molecule has 3 rings (SSSR count). The topological polar surface area (TPSA) is 55.1 Å². The van der Waals surface area contributed by atoms with Crippen LogP contribution in [-0.4, -0.2) is 11.1 Å². The van der Waals surface area contributed by atoms with E-state index in [1.165, 1.54) is 32.1 Å². The number of benzene rings is 1. The van der Waals surface area contributed by atoms with Crippen LogP contribution >= 0.6 is 0 Å². The van der Waals surface area contributed by atoms with Crippen LogP contribution in [0.2, 0.25) is 0 Å². The van der Waals surface area contributed by atoms with E-state index in [9.17, 15) is 4.79 Å². The van der Waals surface area contributed by atoms with Crippen LogP contribution in [0.4, 0.5) is 0 Å². The Morgan fingerprint density at radius 2 is 1.95 bits per heavy atom. The third-order valence-electron chi connectivity index (χ3n) is 4.28. The zero-order valence-corrected chi connectivity index (χ0v) is 12.8. The van der Waals surface area contributed by atoms with E-state index in [0.717, 1.165) is 17.0 Å². The summed E-state index contributed by atoms with van der Waals surface area (Å²) < 4.78 is 5.33. The Morgan fingerprint density at radius 1 is 1.18 bits per heavy atom. The van der Waals surface area contributed by atoms with E-state index in [1.807, 2.05) is 36.4 Å². The van der Waals surface area contributed by atoms with Crippen LogP contribution < -0.4 is 5.32 Å². The third-order valence-corrected chi connectivity index (χ3v) is 4.28. The first-order valence-corrected chi connectivity index (χ1v) is 8.09. The summed E-state index contributed by atoms with van der Waals surface area (Å²) in [5, 5.41) is 6.97. The van der Waals surface area contributed by atoms with Gasteiger partial charge in [-0.15, -0.1) is 0 Å². The molecule has 0 aliphatic heterocycles. The van der Waals surface area contributed by atoms with E-state index < -0.39 is 0 Å². The van der Waals surface area contributed by atoms with Gasteiger partial charge in [-0.1, -0.05) is 54.8 Å². The SMILES string of the molecule is O=C(CC1CCCCC1)NCc1cc(-c2ccccc2)on1. The average Bonchev–Trinajstić information content (AvgIpc) is 3.04. The number of rotatable bonds is 5. The van der Waals surface area contributed by atoms with Crippen LogP contribution in [0.3, 0.4) is 0 Å². The molecule has 1 aromatic heterocycles. The predicted molar refractivity (Wildman–Crippen MR) is 85.0 cm³/mol. The van der Waals surface area contributed by atoms with Crippen LogP contribution in [-0.2, 0) is 11.3 Å². The fourth-order valence-corrected chi connectivity index (χ4v) is 3.05. The van der Waals surface area contributed by atoms with Gasteiger partial charge in [0, 0.05) is 18.1 Å². The Balaban J connectivity index is 1.49. The Morgan fingerprint density at radius 3 is 2.73 bits per heavy atom. The summed E-state index contributed by atoms with van der Waals surface area (Å²) >= 11 is 0. The molecule has 1 aliphatic carbocycles.